The van der Waals surface area contributed by atoms with Gasteiger partial charge in [-0.3, -0.25) is 9.59 Å². The van der Waals surface area contributed by atoms with Gasteiger partial charge >= 0.3 is 0 Å². The molecular formula is C21H24N2O3. The molecule has 1 aliphatic carbocycles. The van der Waals surface area contributed by atoms with Crippen molar-refractivity contribution in [2.75, 3.05) is 6.61 Å². The molecule has 2 N–H and O–H groups in total. The molecular weight excluding hydrogens is 328 g/mol. The minimum absolute atomic E-state index is 0.0903. The van der Waals surface area contributed by atoms with Gasteiger partial charge in [-0.05, 0) is 43.4 Å². The minimum atomic E-state index is -0.569. The number of primary amides is 1. The maximum absolute atomic E-state index is 12.9. The van der Waals surface area contributed by atoms with Crippen molar-refractivity contribution in [1.82, 2.24) is 4.90 Å². The summed E-state index contributed by atoms with van der Waals surface area (Å²) in [4.78, 5) is 26.2. The molecule has 0 heterocycles. The van der Waals surface area contributed by atoms with Gasteiger partial charge < -0.3 is 15.4 Å². The first-order chi connectivity index (χ1) is 12.6. The number of nitrogens with two attached hydrogens (primary N) is 1. The number of hydrogen-bond acceptors (Lipinski definition) is 3. The Morgan fingerprint density at radius 2 is 1.77 bits per heavy atom. The predicted molar refractivity (Wildman–Crippen MR) is 99.6 cm³/mol. The van der Waals surface area contributed by atoms with Gasteiger partial charge in [0.1, 0.15) is 5.75 Å². The Labute approximate surface area is 153 Å². The van der Waals surface area contributed by atoms with Gasteiger partial charge in [-0.15, -0.1) is 0 Å². The Morgan fingerprint density at radius 3 is 2.42 bits per heavy atom. The standard InChI is InChI=1S/C21H24N2O3/c1-15(17-11-12-17)23(13-16-7-3-2-4-8-16)20(24)14-26-19-10-6-5-9-18(19)21(22)25/h2-10,15,17H,11-14H2,1H3,(H2,22,25). The van der Waals surface area contributed by atoms with Crippen molar-refractivity contribution in [2.24, 2.45) is 11.7 Å². The number of carbonyl (C=O) groups excluding carboxylic acids is 2. The molecule has 0 aromatic heterocycles. The van der Waals surface area contributed by atoms with Gasteiger partial charge in [-0.2, -0.15) is 0 Å². The molecule has 2 aromatic carbocycles. The van der Waals surface area contributed by atoms with E-state index in [0.29, 0.717) is 18.2 Å². The van der Waals surface area contributed by atoms with E-state index in [-0.39, 0.29) is 24.1 Å². The summed E-state index contributed by atoms with van der Waals surface area (Å²) in [6.07, 6.45) is 2.32. The van der Waals surface area contributed by atoms with E-state index in [1.807, 2.05) is 35.2 Å². The fourth-order valence-corrected chi connectivity index (χ4v) is 3.09. The lowest BCUT2D eigenvalue weighted by Crippen LogP contribution is -2.42. The van der Waals surface area contributed by atoms with Crippen LogP contribution in [0.3, 0.4) is 0 Å². The van der Waals surface area contributed by atoms with Crippen LogP contribution >= 0.6 is 0 Å². The molecule has 0 saturated heterocycles. The molecule has 2 amide bonds. The van der Waals surface area contributed by atoms with Crippen LogP contribution in [0.4, 0.5) is 0 Å². The zero-order chi connectivity index (χ0) is 18.5. The third kappa shape index (κ3) is 4.42. The Balaban J connectivity index is 1.70. The first-order valence-corrected chi connectivity index (χ1v) is 8.91. The van der Waals surface area contributed by atoms with Crippen LogP contribution in [0, 0.1) is 5.92 Å². The third-order valence-electron chi connectivity index (χ3n) is 4.82. The van der Waals surface area contributed by atoms with Crippen LogP contribution in [0.15, 0.2) is 54.6 Å². The smallest absolute Gasteiger partial charge is 0.261 e. The van der Waals surface area contributed by atoms with Gasteiger partial charge in [0.05, 0.1) is 5.56 Å². The number of amides is 2. The molecule has 5 nitrogen and oxygen atoms in total. The SMILES string of the molecule is CC(C1CC1)N(Cc1ccccc1)C(=O)COc1ccccc1C(N)=O. The molecule has 0 radical (unpaired) electrons. The maximum Gasteiger partial charge on any atom is 0.261 e. The molecule has 1 atom stereocenters. The largest absolute Gasteiger partial charge is 0.483 e. The zero-order valence-electron chi connectivity index (χ0n) is 14.9. The van der Waals surface area contributed by atoms with E-state index in [4.69, 9.17) is 10.5 Å². The highest BCUT2D eigenvalue weighted by Gasteiger charge is 2.34. The monoisotopic (exact) mass is 352 g/mol. The molecule has 26 heavy (non-hydrogen) atoms. The molecule has 1 saturated carbocycles. The van der Waals surface area contributed by atoms with E-state index in [9.17, 15) is 9.59 Å². The first kappa shape index (κ1) is 18.0. The van der Waals surface area contributed by atoms with E-state index in [1.54, 1.807) is 24.3 Å². The topological polar surface area (TPSA) is 72.6 Å². The predicted octanol–water partition coefficient (Wildman–Crippen LogP) is 2.99. The number of hydrogen-bond donors (Lipinski definition) is 1. The molecule has 136 valence electrons. The number of ether oxygens (including phenoxy) is 1. The average molecular weight is 352 g/mol. The Kier molecular flexibility index (Phi) is 5.56. The molecule has 1 fully saturated rings. The lowest BCUT2D eigenvalue weighted by atomic mass is 10.1. The van der Waals surface area contributed by atoms with Crippen molar-refractivity contribution in [3.05, 3.63) is 65.7 Å². The number of benzene rings is 2. The van der Waals surface area contributed by atoms with Gasteiger partial charge in [0, 0.05) is 12.6 Å². The van der Waals surface area contributed by atoms with Crippen LogP contribution in [-0.4, -0.2) is 29.4 Å². The van der Waals surface area contributed by atoms with E-state index >= 15 is 0 Å². The van der Waals surface area contributed by atoms with Crippen LogP contribution < -0.4 is 10.5 Å². The molecule has 3 rings (SSSR count). The van der Waals surface area contributed by atoms with Crippen molar-refractivity contribution >= 4 is 11.8 Å². The fraction of sp³-hybridized carbons (Fsp3) is 0.333. The molecule has 2 aromatic rings. The quantitative estimate of drug-likeness (QED) is 0.794. The van der Waals surface area contributed by atoms with Crippen LogP contribution in [0.25, 0.3) is 0 Å². The second kappa shape index (κ2) is 8.04. The Hall–Kier alpha value is -2.82. The molecule has 1 unspecified atom stereocenters. The van der Waals surface area contributed by atoms with Gasteiger partial charge in [0.25, 0.3) is 11.8 Å². The zero-order valence-corrected chi connectivity index (χ0v) is 14.9. The molecule has 0 aliphatic heterocycles. The number of rotatable bonds is 8. The summed E-state index contributed by atoms with van der Waals surface area (Å²) in [6.45, 7) is 2.53. The van der Waals surface area contributed by atoms with Gasteiger partial charge in [0.2, 0.25) is 0 Å². The molecule has 0 spiro atoms. The fourth-order valence-electron chi connectivity index (χ4n) is 3.09. The normalized spacial score (nSPS) is 14.5. The van der Waals surface area contributed by atoms with E-state index in [2.05, 4.69) is 6.92 Å². The van der Waals surface area contributed by atoms with Crippen LogP contribution in [0.5, 0.6) is 5.75 Å². The summed E-state index contributed by atoms with van der Waals surface area (Å²) in [7, 11) is 0. The van der Waals surface area contributed by atoms with Crippen LogP contribution in [-0.2, 0) is 11.3 Å². The lowest BCUT2D eigenvalue weighted by molar-refractivity contribution is -0.136. The van der Waals surface area contributed by atoms with E-state index < -0.39 is 5.91 Å². The highest BCUT2D eigenvalue weighted by atomic mass is 16.5. The summed E-state index contributed by atoms with van der Waals surface area (Å²) in [5.74, 6) is 0.237. The Bertz CT molecular complexity index is 772. The summed E-state index contributed by atoms with van der Waals surface area (Å²) in [6, 6.07) is 16.8. The van der Waals surface area contributed by atoms with E-state index in [1.165, 1.54) is 0 Å². The van der Waals surface area contributed by atoms with Gasteiger partial charge in [0.15, 0.2) is 6.61 Å². The number of carbonyl (C=O) groups is 2. The van der Waals surface area contributed by atoms with Crippen molar-refractivity contribution in [3.8, 4) is 5.75 Å². The average Bonchev–Trinajstić information content (AvgIpc) is 3.50. The summed E-state index contributed by atoms with van der Waals surface area (Å²) in [5.41, 5.74) is 6.74. The molecule has 0 bridgehead atoms. The third-order valence-corrected chi connectivity index (χ3v) is 4.82. The highest BCUT2D eigenvalue weighted by Crippen LogP contribution is 2.35. The summed E-state index contributed by atoms with van der Waals surface area (Å²) < 4.78 is 5.64. The lowest BCUT2D eigenvalue weighted by Gasteiger charge is -2.29. The van der Waals surface area contributed by atoms with Crippen molar-refractivity contribution in [1.29, 1.82) is 0 Å². The first-order valence-electron chi connectivity index (χ1n) is 8.91. The number of para-hydroxylation sites is 1. The van der Waals surface area contributed by atoms with Crippen LogP contribution in [0.1, 0.15) is 35.7 Å². The molecule has 5 heteroatoms. The second-order valence-electron chi connectivity index (χ2n) is 6.73. The summed E-state index contributed by atoms with van der Waals surface area (Å²) in [5, 5.41) is 0. The van der Waals surface area contributed by atoms with Crippen molar-refractivity contribution < 1.29 is 14.3 Å². The second-order valence-corrected chi connectivity index (χ2v) is 6.73. The van der Waals surface area contributed by atoms with Gasteiger partial charge in [-0.25, -0.2) is 0 Å². The number of nitrogens with zero attached hydrogens (tertiary/aromatic N) is 1. The summed E-state index contributed by atoms with van der Waals surface area (Å²) >= 11 is 0. The Morgan fingerprint density at radius 1 is 1.12 bits per heavy atom. The minimum Gasteiger partial charge on any atom is -0.483 e. The molecule has 1 aliphatic rings. The van der Waals surface area contributed by atoms with Crippen molar-refractivity contribution in [3.63, 3.8) is 0 Å². The van der Waals surface area contributed by atoms with Gasteiger partial charge in [-0.1, -0.05) is 42.5 Å². The highest BCUT2D eigenvalue weighted by molar-refractivity contribution is 5.95. The maximum atomic E-state index is 12.9. The van der Waals surface area contributed by atoms with E-state index in [0.717, 1.165) is 18.4 Å². The van der Waals surface area contributed by atoms with Crippen molar-refractivity contribution in [2.45, 2.75) is 32.4 Å². The van der Waals surface area contributed by atoms with Crippen LogP contribution in [0.2, 0.25) is 0 Å².